The molecule has 3 aromatic rings. The van der Waals surface area contributed by atoms with Gasteiger partial charge < -0.3 is 10.6 Å². The Morgan fingerprint density at radius 3 is 2.59 bits per heavy atom. The first-order chi connectivity index (χ1) is 15.4. The minimum Gasteiger partial charge on any atom is -0.350 e. The molecule has 0 aliphatic carbocycles. The van der Waals surface area contributed by atoms with Crippen molar-refractivity contribution in [3.05, 3.63) is 82.1 Å². The number of rotatable bonds is 9. The summed E-state index contributed by atoms with van der Waals surface area (Å²) in [7, 11) is 0. The number of carbonyl (C=O) groups is 2. The Morgan fingerprint density at radius 2 is 1.88 bits per heavy atom. The molecule has 0 aliphatic heterocycles. The third-order valence-corrected chi connectivity index (χ3v) is 5.88. The predicted octanol–water partition coefficient (Wildman–Crippen LogP) is 5.05. The summed E-state index contributed by atoms with van der Waals surface area (Å²) in [5.74, 6) is 0.0664. The van der Waals surface area contributed by atoms with E-state index in [4.69, 9.17) is 11.6 Å². The lowest BCUT2D eigenvalue weighted by atomic mass is 10.1. The Morgan fingerprint density at radius 1 is 1.09 bits per heavy atom. The van der Waals surface area contributed by atoms with Crippen molar-refractivity contribution in [2.24, 2.45) is 0 Å². The van der Waals surface area contributed by atoms with Gasteiger partial charge >= 0.3 is 0 Å². The monoisotopic (exact) mass is 468 g/mol. The Labute approximate surface area is 197 Å². The molecule has 0 bridgehead atoms. The molecule has 0 fully saturated rings. The molecule has 1 heterocycles. The predicted molar refractivity (Wildman–Crippen MR) is 129 cm³/mol. The smallest absolute Gasteiger partial charge is 0.271 e. The topological polar surface area (TPSA) is 84.0 Å². The Balaban J connectivity index is 1.50. The molecule has 0 saturated carbocycles. The minimum absolute atomic E-state index is 0.101. The average molecular weight is 469 g/mol. The molecule has 0 aliphatic rings. The van der Waals surface area contributed by atoms with Gasteiger partial charge in [-0.2, -0.15) is 0 Å². The van der Waals surface area contributed by atoms with Crippen molar-refractivity contribution in [1.29, 1.82) is 0 Å². The number of nitrogens with one attached hydrogen (secondary N) is 2. The first-order valence-electron chi connectivity index (χ1n) is 10.3. The number of hydrogen-bond donors (Lipinski definition) is 2. The lowest BCUT2D eigenvalue weighted by Crippen LogP contribution is -2.28. The molecule has 8 heteroatoms. The van der Waals surface area contributed by atoms with E-state index in [-0.39, 0.29) is 29.6 Å². The second-order valence-electron chi connectivity index (χ2n) is 7.23. The van der Waals surface area contributed by atoms with Crippen molar-refractivity contribution in [2.75, 3.05) is 11.9 Å². The number of carbonyl (C=O) groups excluding carboxylic acids is 2. The van der Waals surface area contributed by atoms with E-state index in [0.717, 1.165) is 17.7 Å². The Bertz CT molecular complexity index is 1090. The van der Waals surface area contributed by atoms with E-state index in [1.165, 1.54) is 29.1 Å². The highest BCUT2D eigenvalue weighted by Gasteiger charge is 2.15. The molecule has 2 amide bonds. The van der Waals surface area contributed by atoms with Crippen molar-refractivity contribution in [3.8, 4) is 0 Å². The van der Waals surface area contributed by atoms with Crippen LogP contribution < -0.4 is 10.6 Å². The van der Waals surface area contributed by atoms with Gasteiger partial charge in [0.2, 0.25) is 5.91 Å². The van der Waals surface area contributed by atoms with Gasteiger partial charge in [0.05, 0.1) is 11.2 Å². The molecule has 6 nitrogen and oxygen atoms in total. The number of aryl methyl sites for hydroxylation is 2. The van der Waals surface area contributed by atoms with Crippen LogP contribution in [0.25, 0.3) is 0 Å². The van der Waals surface area contributed by atoms with Gasteiger partial charge in [-0.15, -0.1) is 0 Å². The maximum absolute atomic E-state index is 12.5. The standard InChI is InChI=1S/C24H25ClN4O2S/c1-3-17-7-9-19(10-8-17)28-21(30)11-12-26-23(31)22-20(25)14-27-24(29-22)32-15-18-6-4-5-16(2)13-18/h4-10,13-14H,3,11-12,15H2,1-2H3,(H,26,31)(H,28,30). The third-order valence-electron chi connectivity index (χ3n) is 4.67. The normalized spacial score (nSPS) is 10.6. The van der Waals surface area contributed by atoms with Gasteiger partial charge in [-0.25, -0.2) is 9.97 Å². The maximum atomic E-state index is 12.5. The summed E-state index contributed by atoms with van der Waals surface area (Å²) in [6, 6.07) is 15.9. The van der Waals surface area contributed by atoms with Crippen LogP contribution in [0, 0.1) is 6.92 Å². The molecular weight excluding hydrogens is 444 g/mol. The Hall–Kier alpha value is -2.90. The highest BCUT2D eigenvalue weighted by Crippen LogP contribution is 2.22. The van der Waals surface area contributed by atoms with E-state index < -0.39 is 5.91 Å². The van der Waals surface area contributed by atoms with Crippen LogP contribution in [0.3, 0.4) is 0 Å². The third kappa shape index (κ3) is 7.07. The molecule has 3 rings (SSSR count). The zero-order chi connectivity index (χ0) is 22.9. The Kier molecular flexibility index (Phi) is 8.64. The van der Waals surface area contributed by atoms with Crippen LogP contribution in [-0.4, -0.2) is 28.3 Å². The van der Waals surface area contributed by atoms with E-state index in [9.17, 15) is 9.59 Å². The quantitative estimate of drug-likeness (QED) is 0.339. The van der Waals surface area contributed by atoms with E-state index in [1.54, 1.807) is 0 Å². The second kappa shape index (κ2) is 11.6. The number of benzene rings is 2. The number of amides is 2. The molecule has 1 aromatic heterocycles. The van der Waals surface area contributed by atoms with Gasteiger partial charge in [0, 0.05) is 24.4 Å². The molecule has 166 valence electrons. The van der Waals surface area contributed by atoms with Crippen LogP contribution in [0.2, 0.25) is 5.02 Å². The summed E-state index contributed by atoms with van der Waals surface area (Å²) in [5.41, 5.74) is 4.36. The molecular formula is C24H25ClN4O2S. The molecule has 0 spiro atoms. The van der Waals surface area contributed by atoms with Crippen LogP contribution in [0.1, 0.15) is 40.5 Å². The van der Waals surface area contributed by atoms with Crippen LogP contribution >= 0.6 is 23.4 Å². The largest absolute Gasteiger partial charge is 0.350 e. The average Bonchev–Trinajstić information content (AvgIpc) is 2.79. The number of aromatic nitrogens is 2. The molecule has 0 saturated heterocycles. The lowest BCUT2D eigenvalue weighted by Gasteiger charge is -2.09. The highest BCUT2D eigenvalue weighted by molar-refractivity contribution is 7.98. The SMILES string of the molecule is CCc1ccc(NC(=O)CCNC(=O)c2nc(SCc3cccc(C)c3)ncc2Cl)cc1. The fourth-order valence-corrected chi connectivity index (χ4v) is 3.89. The summed E-state index contributed by atoms with van der Waals surface area (Å²) in [5, 5.41) is 6.15. The zero-order valence-electron chi connectivity index (χ0n) is 18.0. The summed E-state index contributed by atoms with van der Waals surface area (Å²) in [6.07, 6.45) is 2.51. The number of anilines is 1. The molecule has 0 unspecified atom stereocenters. The molecule has 2 aromatic carbocycles. The van der Waals surface area contributed by atoms with Gasteiger partial charge in [-0.05, 0) is 36.6 Å². The second-order valence-corrected chi connectivity index (χ2v) is 8.58. The molecule has 2 N–H and O–H groups in total. The van der Waals surface area contributed by atoms with Gasteiger partial charge in [0.1, 0.15) is 0 Å². The summed E-state index contributed by atoms with van der Waals surface area (Å²) >= 11 is 7.56. The van der Waals surface area contributed by atoms with Crippen molar-refractivity contribution in [1.82, 2.24) is 15.3 Å². The number of hydrogen-bond acceptors (Lipinski definition) is 5. The van der Waals surface area contributed by atoms with Crippen LogP contribution in [0.5, 0.6) is 0 Å². The maximum Gasteiger partial charge on any atom is 0.271 e. The van der Waals surface area contributed by atoms with Gasteiger partial charge in [0.15, 0.2) is 10.9 Å². The van der Waals surface area contributed by atoms with Gasteiger partial charge in [-0.1, -0.05) is 72.2 Å². The minimum atomic E-state index is -0.435. The van der Waals surface area contributed by atoms with Crippen molar-refractivity contribution < 1.29 is 9.59 Å². The van der Waals surface area contributed by atoms with E-state index in [0.29, 0.717) is 10.9 Å². The summed E-state index contributed by atoms with van der Waals surface area (Å²) in [6.45, 7) is 4.29. The fourth-order valence-electron chi connectivity index (χ4n) is 2.95. The van der Waals surface area contributed by atoms with E-state index in [2.05, 4.69) is 33.6 Å². The van der Waals surface area contributed by atoms with E-state index >= 15 is 0 Å². The van der Waals surface area contributed by atoms with E-state index in [1.807, 2.05) is 49.4 Å². The van der Waals surface area contributed by atoms with Crippen molar-refractivity contribution >= 4 is 40.9 Å². The molecule has 0 atom stereocenters. The van der Waals surface area contributed by atoms with Crippen LogP contribution in [0.4, 0.5) is 5.69 Å². The number of thioether (sulfide) groups is 1. The van der Waals surface area contributed by atoms with Crippen LogP contribution in [0.15, 0.2) is 59.9 Å². The lowest BCUT2D eigenvalue weighted by molar-refractivity contribution is -0.116. The summed E-state index contributed by atoms with van der Waals surface area (Å²) < 4.78 is 0. The zero-order valence-corrected chi connectivity index (χ0v) is 19.6. The van der Waals surface area contributed by atoms with Crippen molar-refractivity contribution in [2.45, 2.75) is 37.6 Å². The first-order valence-corrected chi connectivity index (χ1v) is 11.7. The van der Waals surface area contributed by atoms with Crippen LogP contribution in [-0.2, 0) is 17.0 Å². The summed E-state index contributed by atoms with van der Waals surface area (Å²) in [4.78, 5) is 33.2. The van der Waals surface area contributed by atoms with Crippen molar-refractivity contribution in [3.63, 3.8) is 0 Å². The fraction of sp³-hybridized carbons (Fsp3) is 0.250. The number of nitrogens with zero attached hydrogens (tertiary/aromatic N) is 2. The van der Waals surface area contributed by atoms with Gasteiger partial charge in [0.25, 0.3) is 5.91 Å². The first kappa shape index (κ1) is 23.8. The molecule has 0 radical (unpaired) electrons. The highest BCUT2D eigenvalue weighted by atomic mass is 35.5. The molecule has 32 heavy (non-hydrogen) atoms. The number of halogens is 1. The van der Waals surface area contributed by atoms with Gasteiger partial charge in [-0.3, -0.25) is 9.59 Å².